The Bertz CT molecular complexity index is 643. The molecular weight excluding hydrogens is 364 g/mol. The Labute approximate surface area is 166 Å². The smallest absolute Gasteiger partial charge is 0.244 e. The molecule has 1 aromatic rings. The van der Waals surface area contributed by atoms with Gasteiger partial charge in [0, 0.05) is 27.7 Å². The van der Waals surface area contributed by atoms with Crippen molar-refractivity contribution in [3.05, 3.63) is 25.5 Å². The van der Waals surface area contributed by atoms with E-state index in [1.807, 2.05) is 18.9 Å². The van der Waals surface area contributed by atoms with Crippen LogP contribution in [0.4, 0.5) is 17.8 Å². The van der Waals surface area contributed by atoms with Crippen LogP contribution in [0.2, 0.25) is 0 Å². The summed E-state index contributed by atoms with van der Waals surface area (Å²) in [6.45, 7) is 10.8. The van der Waals surface area contributed by atoms with Crippen LogP contribution in [0.15, 0.2) is 25.5 Å². The van der Waals surface area contributed by atoms with E-state index >= 15 is 0 Å². The highest BCUT2D eigenvalue weighted by Crippen LogP contribution is 2.17. The van der Waals surface area contributed by atoms with Gasteiger partial charge in [-0.1, -0.05) is 13.2 Å². The van der Waals surface area contributed by atoms with E-state index in [0.717, 1.165) is 6.54 Å². The van der Waals surface area contributed by atoms with E-state index < -0.39 is 0 Å². The first-order valence-corrected chi connectivity index (χ1v) is 8.72. The molecule has 0 fully saturated rings. The highest BCUT2D eigenvalue weighted by atomic mass is 16.5. The van der Waals surface area contributed by atoms with Gasteiger partial charge in [-0.15, -0.1) is 0 Å². The summed E-state index contributed by atoms with van der Waals surface area (Å²) in [7, 11) is 5.25. The van der Waals surface area contributed by atoms with Crippen LogP contribution >= 0.6 is 0 Å². The van der Waals surface area contributed by atoms with Gasteiger partial charge in [-0.25, -0.2) is 0 Å². The van der Waals surface area contributed by atoms with Crippen molar-refractivity contribution in [3.8, 4) is 0 Å². The van der Waals surface area contributed by atoms with E-state index in [4.69, 9.17) is 9.47 Å². The van der Waals surface area contributed by atoms with Crippen molar-refractivity contribution in [2.45, 2.75) is 6.92 Å². The number of nitrogens with zero attached hydrogens (tertiary/aromatic N) is 6. The lowest BCUT2D eigenvalue weighted by molar-refractivity contribution is -0.116. The van der Waals surface area contributed by atoms with Crippen LogP contribution in [0.25, 0.3) is 0 Å². The average molecular weight is 394 g/mol. The molecular formula is C17H30N8O3. The third kappa shape index (κ3) is 7.37. The number of methoxy groups -OCH3 is 1. The lowest BCUT2D eigenvalue weighted by Crippen LogP contribution is -2.39. The van der Waals surface area contributed by atoms with Crippen LogP contribution in [0.1, 0.15) is 6.92 Å². The van der Waals surface area contributed by atoms with E-state index in [2.05, 4.69) is 38.7 Å². The maximum Gasteiger partial charge on any atom is 0.244 e. The van der Waals surface area contributed by atoms with Crippen LogP contribution in [0.3, 0.4) is 0 Å². The Kier molecular flexibility index (Phi) is 10.3. The summed E-state index contributed by atoms with van der Waals surface area (Å²) >= 11 is 0. The minimum atomic E-state index is -0.278. The minimum Gasteiger partial charge on any atom is -0.487 e. The first-order valence-electron chi connectivity index (χ1n) is 8.72. The molecule has 11 nitrogen and oxygen atoms in total. The maximum atomic E-state index is 11.4. The van der Waals surface area contributed by atoms with E-state index in [1.54, 1.807) is 24.0 Å². The fourth-order valence-electron chi connectivity index (χ4n) is 1.94. The maximum absolute atomic E-state index is 11.4. The molecule has 1 heterocycles. The highest BCUT2D eigenvalue weighted by molar-refractivity contribution is 5.86. The predicted molar refractivity (Wildman–Crippen MR) is 109 cm³/mol. The highest BCUT2D eigenvalue weighted by Gasteiger charge is 2.17. The second-order valence-corrected chi connectivity index (χ2v) is 5.69. The van der Waals surface area contributed by atoms with Crippen LogP contribution in [0, 0.1) is 0 Å². The van der Waals surface area contributed by atoms with Crippen molar-refractivity contribution in [1.82, 2.24) is 25.6 Å². The molecule has 0 radical (unpaired) electrons. The van der Waals surface area contributed by atoms with Crippen molar-refractivity contribution in [2.24, 2.45) is 0 Å². The number of aromatic nitrogens is 3. The predicted octanol–water partition coefficient (Wildman–Crippen LogP) is 0.0986. The van der Waals surface area contributed by atoms with Gasteiger partial charge in [-0.05, 0) is 13.0 Å². The number of rotatable bonds is 14. The molecule has 28 heavy (non-hydrogen) atoms. The molecule has 0 aliphatic rings. The van der Waals surface area contributed by atoms with Crippen LogP contribution in [0.5, 0.6) is 0 Å². The Morgan fingerprint density at radius 1 is 1.11 bits per heavy atom. The first-order chi connectivity index (χ1) is 13.5. The van der Waals surface area contributed by atoms with Crippen molar-refractivity contribution in [3.63, 3.8) is 0 Å². The lowest BCUT2D eigenvalue weighted by atomic mass is 10.6. The Morgan fingerprint density at radius 2 is 1.75 bits per heavy atom. The fourth-order valence-corrected chi connectivity index (χ4v) is 1.94. The number of hydrogen-bond donors (Lipinski definition) is 2. The number of ether oxygens (including phenoxy) is 2. The molecule has 0 spiro atoms. The lowest BCUT2D eigenvalue weighted by Gasteiger charge is -2.26. The van der Waals surface area contributed by atoms with Crippen molar-refractivity contribution >= 4 is 23.8 Å². The summed E-state index contributed by atoms with van der Waals surface area (Å²) in [5.74, 6) is 1.07. The topological polar surface area (TPSA) is 108 Å². The van der Waals surface area contributed by atoms with Gasteiger partial charge in [-0.2, -0.15) is 15.0 Å². The van der Waals surface area contributed by atoms with Gasteiger partial charge in [0.15, 0.2) is 0 Å². The van der Waals surface area contributed by atoms with E-state index in [0.29, 0.717) is 24.5 Å². The van der Waals surface area contributed by atoms with Crippen molar-refractivity contribution < 1.29 is 14.3 Å². The van der Waals surface area contributed by atoms with Gasteiger partial charge < -0.3 is 29.5 Å². The first kappa shape index (κ1) is 23.1. The zero-order valence-electron chi connectivity index (χ0n) is 17.0. The quantitative estimate of drug-likeness (QED) is 0.195. The van der Waals surface area contributed by atoms with Gasteiger partial charge >= 0.3 is 0 Å². The number of carbonyl (C=O) groups is 1. The van der Waals surface area contributed by atoms with Gasteiger partial charge in [0.1, 0.15) is 13.5 Å². The number of amides is 1. The van der Waals surface area contributed by atoms with Crippen LogP contribution in [-0.2, 0) is 14.3 Å². The van der Waals surface area contributed by atoms with E-state index in [9.17, 15) is 4.79 Å². The molecule has 0 aliphatic carbocycles. The van der Waals surface area contributed by atoms with Gasteiger partial charge in [0.2, 0.25) is 23.8 Å². The largest absolute Gasteiger partial charge is 0.487 e. The monoisotopic (exact) mass is 394 g/mol. The molecule has 0 saturated carbocycles. The second-order valence-electron chi connectivity index (χ2n) is 5.69. The van der Waals surface area contributed by atoms with Crippen LogP contribution in [-0.4, -0.2) is 75.4 Å². The second kappa shape index (κ2) is 12.5. The fraction of sp³-hybridized carbons (Fsp3) is 0.529. The van der Waals surface area contributed by atoms with Gasteiger partial charge in [0.05, 0.1) is 19.6 Å². The number of carbonyl (C=O) groups excluding carboxylic acids is 1. The zero-order valence-corrected chi connectivity index (χ0v) is 17.0. The van der Waals surface area contributed by atoms with E-state index in [1.165, 1.54) is 12.3 Å². The number of hydrogen-bond acceptors (Lipinski definition) is 10. The van der Waals surface area contributed by atoms with E-state index in [-0.39, 0.29) is 26.0 Å². The molecule has 0 atom stereocenters. The number of nitrogens with one attached hydrogen (secondary N) is 2. The molecule has 0 unspecified atom stereocenters. The normalized spacial score (nSPS) is 10.1. The molecule has 2 N–H and O–H groups in total. The zero-order chi connectivity index (χ0) is 20.9. The molecule has 1 amide bonds. The molecule has 0 aromatic carbocycles. The minimum absolute atomic E-state index is 0.222. The molecule has 0 aliphatic heterocycles. The standard InChI is InChI=1S/C17H30N8O3/c1-7-14(26)19-11-24(5)16-20-15(23(4)8-2)21-17(22-16)25(13-27-6)10-18-12-28-9-3/h7,9,18H,1,3,8,10-13H2,2,4-6H3,(H,19,26). The Morgan fingerprint density at radius 3 is 2.32 bits per heavy atom. The Hall–Kier alpha value is -2.92. The molecule has 156 valence electrons. The summed E-state index contributed by atoms with van der Waals surface area (Å²) in [4.78, 5) is 30.4. The van der Waals surface area contributed by atoms with Crippen molar-refractivity contribution in [2.75, 3.05) is 69.2 Å². The molecule has 1 rings (SSSR count). The Balaban J connectivity index is 3.10. The summed E-state index contributed by atoms with van der Waals surface area (Å²) in [5, 5.41) is 5.78. The number of anilines is 3. The summed E-state index contributed by atoms with van der Waals surface area (Å²) in [5.41, 5.74) is 0. The summed E-state index contributed by atoms with van der Waals surface area (Å²) < 4.78 is 10.3. The van der Waals surface area contributed by atoms with Gasteiger partial charge in [-0.3, -0.25) is 10.1 Å². The van der Waals surface area contributed by atoms with Crippen LogP contribution < -0.4 is 25.3 Å². The summed E-state index contributed by atoms with van der Waals surface area (Å²) in [6, 6.07) is 0. The molecule has 1 aromatic heterocycles. The van der Waals surface area contributed by atoms with Gasteiger partial charge in [0.25, 0.3) is 0 Å². The summed E-state index contributed by atoms with van der Waals surface area (Å²) in [6.07, 6.45) is 2.57. The SMILES string of the molecule is C=COCNCN(COC)c1nc(N(C)CC)nc(N(C)CNC(=O)C=C)n1. The van der Waals surface area contributed by atoms with Crippen molar-refractivity contribution in [1.29, 1.82) is 0 Å². The third-order valence-electron chi connectivity index (χ3n) is 3.61. The molecule has 11 heteroatoms. The third-order valence-corrected chi connectivity index (χ3v) is 3.61. The average Bonchev–Trinajstić information content (AvgIpc) is 2.72. The molecule has 0 saturated heterocycles. The molecule has 0 bridgehead atoms.